The van der Waals surface area contributed by atoms with Crippen LogP contribution in [0.2, 0.25) is 0 Å². The Bertz CT molecular complexity index is 2370. The number of nitrogens with one attached hydrogen (secondary N) is 1. The molecular formula is C31H19N5O4. The van der Waals surface area contributed by atoms with Crippen LogP contribution in [0, 0.1) is 0 Å². The predicted octanol–water partition coefficient (Wildman–Crippen LogP) is 4.30. The van der Waals surface area contributed by atoms with Gasteiger partial charge in [-0.3, -0.25) is 28.0 Å². The number of pyridine rings is 2. The van der Waals surface area contributed by atoms with Crippen molar-refractivity contribution in [3.8, 4) is 0 Å². The molecule has 8 aromatic rings. The van der Waals surface area contributed by atoms with Gasteiger partial charge in [-0.1, -0.05) is 6.92 Å². The summed E-state index contributed by atoms with van der Waals surface area (Å²) in [7, 11) is 1.55. The van der Waals surface area contributed by atoms with Gasteiger partial charge < -0.3 is 5.32 Å². The summed E-state index contributed by atoms with van der Waals surface area (Å²) in [4.78, 5) is 62.1. The Balaban J connectivity index is 1.55. The molecule has 1 N–H and O–H groups in total. The van der Waals surface area contributed by atoms with Crippen LogP contribution in [0.5, 0.6) is 0 Å². The Labute approximate surface area is 224 Å². The molecule has 4 heterocycles. The maximum Gasteiger partial charge on any atom is 0.264 e. The van der Waals surface area contributed by atoms with Crippen LogP contribution in [0.3, 0.4) is 0 Å². The average molecular weight is 526 g/mol. The fourth-order valence-electron chi connectivity index (χ4n) is 6.05. The zero-order valence-corrected chi connectivity index (χ0v) is 21.4. The minimum atomic E-state index is -0.281. The summed E-state index contributed by atoms with van der Waals surface area (Å²) in [5, 5.41) is 6.27. The van der Waals surface area contributed by atoms with Gasteiger partial charge in [0.15, 0.2) is 5.78 Å². The molecule has 0 aliphatic rings. The number of carbonyl (C=O) groups excluding carboxylic acids is 2. The lowest BCUT2D eigenvalue weighted by Crippen LogP contribution is -2.18. The van der Waals surface area contributed by atoms with Gasteiger partial charge in [-0.05, 0) is 60.7 Å². The maximum absolute atomic E-state index is 13.9. The van der Waals surface area contributed by atoms with Crippen molar-refractivity contribution in [2.75, 3.05) is 7.05 Å². The molecule has 0 bridgehead atoms. The summed E-state index contributed by atoms with van der Waals surface area (Å²) in [6, 6.07) is 17.5. The number of carbonyl (C=O) groups is 2. The van der Waals surface area contributed by atoms with Crippen molar-refractivity contribution >= 4 is 77.4 Å². The molecule has 0 saturated carbocycles. The Morgan fingerprint density at radius 3 is 1.68 bits per heavy atom. The van der Waals surface area contributed by atoms with Crippen LogP contribution in [0.25, 0.3) is 65.7 Å². The lowest BCUT2D eigenvalue weighted by molar-refractivity contribution is 0.0961. The number of aromatic nitrogens is 4. The van der Waals surface area contributed by atoms with E-state index in [1.165, 1.54) is 4.40 Å². The highest BCUT2D eigenvalue weighted by Crippen LogP contribution is 2.36. The van der Waals surface area contributed by atoms with Gasteiger partial charge in [0.25, 0.3) is 17.0 Å². The minimum absolute atomic E-state index is 0.0107. The van der Waals surface area contributed by atoms with E-state index in [0.717, 1.165) is 10.8 Å². The van der Waals surface area contributed by atoms with Crippen molar-refractivity contribution in [3.63, 3.8) is 0 Å². The van der Waals surface area contributed by atoms with Gasteiger partial charge in [-0.25, -0.2) is 9.97 Å². The van der Waals surface area contributed by atoms with E-state index in [9.17, 15) is 19.2 Å². The first-order chi connectivity index (χ1) is 19.4. The molecule has 192 valence electrons. The summed E-state index contributed by atoms with van der Waals surface area (Å²) in [5.74, 6) is -0.268. The van der Waals surface area contributed by atoms with Crippen LogP contribution in [0.1, 0.15) is 34.1 Å². The Morgan fingerprint density at radius 2 is 1.18 bits per heavy atom. The third kappa shape index (κ3) is 2.65. The van der Waals surface area contributed by atoms with Crippen molar-refractivity contribution in [2.24, 2.45) is 0 Å². The molecule has 8 rings (SSSR count). The lowest BCUT2D eigenvalue weighted by Gasteiger charge is -2.12. The molecule has 0 saturated heterocycles. The van der Waals surface area contributed by atoms with E-state index >= 15 is 0 Å². The second-order valence-electron chi connectivity index (χ2n) is 9.99. The molecular weight excluding hydrogens is 506 g/mol. The molecule has 0 aliphatic heterocycles. The van der Waals surface area contributed by atoms with Crippen LogP contribution >= 0.6 is 0 Å². The number of rotatable bonds is 3. The molecule has 9 nitrogen and oxygen atoms in total. The average Bonchev–Trinajstić information content (AvgIpc) is 3.56. The highest BCUT2D eigenvalue weighted by molar-refractivity contribution is 6.27. The predicted molar refractivity (Wildman–Crippen MR) is 154 cm³/mol. The number of benzene rings is 4. The van der Waals surface area contributed by atoms with Crippen molar-refractivity contribution in [2.45, 2.75) is 13.3 Å². The topological polar surface area (TPSA) is 115 Å². The summed E-state index contributed by atoms with van der Waals surface area (Å²) in [6.45, 7) is 1.80. The van der Waals surface area contributed by atoms with Crippen LogP contribution < -0.4 is 16.4 Å². The molecule has 0 atom stereocenters. The second kappa shape index (κ2) is 7.57. The van der Waals surface area contributed by atoms with E-state index in [1.54, 1.807) is 66.9 Å². The number of fused-ring (bicyclic) bond motifs is 8. The van der Waals surface area contributed by atoms with Crippen LogP contribution in [0.15, 0.2) is 70.3 Å². The number of imidazole rings is 2. The summed E-state index contributed by atoms with van der Waals surface area (Å²) < 4.78 is 3.09. The molecule has 0 spiro atoms. The number of ketones is 1. The van der Waals surface area contributed by atoms with E-state index in [0.29, 0.717) is 72.5 Å². The molecule has 1 amide bonds. The zero-order valence-electron chi connectivity index (χ0n) is 21.4. The quantitative estimate of drug-likeness (QED) is 0.272. The van der Waals surface area contributed by atoms with E-state index in [1.807, 2.05) is 12.1 Å². The molecule has 0 fully saturated rings. The fourth-order valence-corrected chi connectivity index (χ4v) is 6.05. The third-order valence-corrected chi connectivity index (χ3v) is 7.95. The van der Waals surface area contributed by atoms with E-state index in [2.05, 4.69) is 5.32 Å². The first-order valence-electron chi connectivity index (χ1n) is 12.9. The summed E-state index contributed by atoms with van der Waals surface area (Å²) >= 11 is 0. The SMILES string of the molecule is CCC(=O)c1ccc2nc3c4ccc5c(=O)n6c7cc(C(=O)NC)ccc7nc6c6ccc(c(=O)n3c2c1)c4c56. The van der Waals surface area contributed by atoms with Gasteiger partial charge >= 0.3 is 0 Å². The van der Waals surface area contributed by atoms with Gasteiger partial charge in [0.2, 0.25) is 0 Å². The molecule has 4 aromatic heterocycles. The summed E-state index contributed by atoms with van der Waals surface area (Å²) in [6.07, 6.45) is 0.361. The van der Waals surface area contributed by atoms with Crippen molar-refractivity contribution in [3.05, 3.63) is 92.5 Å². The normalized spacial score (nSPS) is 12.2. The molecule has 4 aromatic carbocycles. The highest BCUT2D eigenvalue weighted by atomic mass is 16.2. The molecule has 0 unspecified atom stereocenters. The Hall–Kier alpha value is -5.44. The number of amides is 1. The second-order valence-corrected chi connectivity index (χ2v) is 9.99. The number of hydrogen-bond acceptors (Lipinski definition) is 6. The van der Waals surface area contributed by atoms with Gasteiger partial charge in [0.1, 0.15) is 11.3 Å². The smallest absolute Gasteiger partial charge is 0.264 e. The van der Waals surface area contributed by atoms with Crippen molar-refractivity contribution in [1.29, 1.82) is 0 Å². The third-order valence-electron chi connectivity index (χ3n) is 7.95. The van der Waals surface area contributed by atoms with Gasteiger partial charge in [-0.15, -0.1) is 0 Å². The van der Waals surface area contributed by atoms with Crippen LogP contribution in [-0.2, 0) is 0 Å². The van der Waals surface area contributed by atoms with E-state index in [-0.39, 0.29) is 22.8 Å². The van der Waals surface area contributed by atoms with Gasteiger partial charge in [0.05, 0.1) is 22.1 Å². The standard InChI is InChI=1S/C31H19N5O4/c1-3-24(37)14-4-10-20-22(12-14)35-27(33-20)16-6-9-19-26-17(7-8-18(25(16)26)30(35)39)28-34-21-11-5-15(29(38)32-2)13-23(21)36(28)31(19)40/h4-13H,3H2,1-2H3,(H,32,38). The minimum Gasteiger partial charge on any atom is -0.355 e. The first-order valence-corrected chi connectivity index (χ1v) is 12.9. The lowest BCUT2D eigenvalue weighted by atomic mass is 9.96. The van der Waals surface area contributed by atoms with Crippen molar-refractivity contribution in [1.82, 2.24) is 24.1 Å². The largest absolute Gasteiger partial charge is 0.355 e. The maximum atomic E-state index is 13.9. The summed E-state index contributed by atoms with van der Waals surface area (Å²) in [5.41, 5.74) is 3.65. The first kappa shape index (κ1) is 22.5. The Kier molecular flexibility index (Phi) is 4.26. The van der Waals surface area contributed by atoms with E-state index < -0.39 is 0 Å². The molecule has 40 heavy (non-hydrogen) atoms. The van der Waals surface area contributed by atoms with Gasteiger partial charge in [-0.2, -0.15) is 0 Å². The number of nitrogens with zero attached hydrogens (tertiary/aromatic N) is 4. The highest BCUT2D eigenvalue weighted by Gasteiger charge is 2.23. The molecule has 0 radical (unpaired) electrons. The van der Waals surface area contributed by atoms with E-state index in [4.69, 9.17) is 9.97 Å². The fraction of sp³-hybridized carbons (Fsp3) is 0.0968. The number of hydrogen-bond donors (Lipinski definition) is 1. The van der Waals surface area contributed by atoms with Crippen LogP contribution in [0.4, 0.5) is 0 Å². The van der Waals surface area contributed by atoms with Crippen LogP contribution in [-0.4, -0.2) is 37.5 Å². The molecule has 0 aliphatic carbocycles. The van der Waals surface area contributed by atoms with Crippen molar-refractivity contribution < 1.29 is 9.59 Å². The number of Topliss-reactive ketones (excluding diaryl/α,β-unsaturated/α-hetero) is 1. The zero-order chi connectivity index (χ0) is 27.4. The van der Waals surface area contributed by atoms with Gasteiger partial charge in [0, 0.05) is 56.9 Å². The monoisotopic (exact) mass is 525 g/mol. The Morgan fingerprint density at radius 1 is 0.700 bits per heavy atom. The molecule has 9 heteroatoms.